The van der Waals surface area contributed by atoms with Crippen LogP contribution in [0.2, 0.25) is 5.15 Å². The second-order valence-corrected chi connectivity index (χ2v) is 3.60. The van der Waals surface area contributed by atoms with Crippen molar-refractivity contribution in [2.24, 2.45) is 0 Å². The van der Waals surface area contributed by atoms with Crippen LogP contribution in [0.5, 0.6) is 0 Å². The van der Waals surface area contributed by atoms with Crippen LogP contribution in [0.3, 0.4) is 0 Å². The van der Waals surface area contributed by atoms with E-state index in [4.69, 9.17) is 11.6 Å². The minimum atomic E-state index is -1.01. The van der Waals surface area contributed by atoms with Crippen LogP contribution in [0.25, 0.3) is 5.69 Å². The van der Waals surface area contributed by atoms with E-state index in [2.05, 4.69) is 4.98 Å². The number of aromatic nitrogens is 2. The van der Waals surface area contributed by atoms with E-state index in [0.717, 1.165) is 18.2 Å². The molecule has 0 spiro atoms. The first-order valence-electron chi connectivity index (χ1n) is 4.46. The van der Waals surface area contributed by atoms with Crippen molar-refractivity contribution in [1.29, 1.82) is 0 Å². The number of halogens is 3. The largest absolute Gasteiger partial charge is 0.334 e. The summed E-state index contributed by atoms with van der Waals surface area (Å²) in [6, 6.07) is 3.44. The molecule has 0 saturated heterocycles. The monoisotopic (exact) mass is 258 g/mol. The summed E-state index contributed by atoms with van der Waals surface area (Å²) >= 11 is 5.45. The van der Waals surface area contributed by atoms with Gasteiger partial charge in [-0.3, -0.25) is 9.78 Å². The standard InChI is InChI=1S/C10H5ClF2N2O2/c11-8-4-9(16)15(10(17)14-8)7-2-1-5(12)3-6(7)13/h1-4H,(H,14,17). The van der Waals surface area contributed by atoms with Crippen LogP contribution in [0.1, 0.15) is 0 Å². The summed E-state index contributed by atoms with van der Waals surface area (Å²) in [7, 11) is 0. The highest BCUT2D eigenvalue weighted by molar-refractivity contribution is 6.29. The Morgan fingerprint density at radius 2 is 1.88 bits per heavy atom. The molecule has 7 heteroatoms. The predicted octanol–water partition coefficient (Wildman–Crippen LogP) is 1.46. The van der Waals surface area contributed by atoms with Crippen molar-refractivity contribution in [2.45, 2.75) is 0 Å². The van der Waals surface area contributed by atoms with Crippen LogP contribution >= 0.6 is 11.6 Å². The molecule has 0 atom stereocenters. The van der Waals surface area contributed by atoms with E-state index in [1.165, 1.54) is 0 Å². The summed E-state index contributed by atoms with van der Waals surface area (Å²) in [5.41, 5.74) is -2.04. The van der Waals surface area contributed by atoms with Crippen molar-refractivity contribution in [3.63, 3.8) is 0 Å². The molecule has 4 nitrogen and oxygen atoms in total. The lowest BCUT2D eigenvalue weighted by Gasteiger charge is -2.05. The number of hydrogen-bond acceptors (Lipinski definition) is 2. The molecule has 2 aromatic rings. The van der Waals surface area contributed by atoms with E-state index in [0.29, 0.717) is 10.6 Å². The van der Waals surface area contributed by atoms with Gasteiger partial charge in [-0.05, 0) is 12.1 Å². The van der Waals surface area contributed by atoms with Gasteiger partial charge in [0, 0.05) is 12.1 Å². The number of hydrogen-bond donors (Lipinski definition) is 1. The topological polar surface area (TPSA) is 54.9 Å². The first-order chi connectivity index (χ1) is 7.99. The van der Waals surface area contributed by atoms with Gasteiger partial charge in [-0.15, -0.1) is 0 Å². The fraction of sp³-hybridized carbons (Fsp3) is 0. The van der Waals surface area contributed by atoms with Crippen LogP contribution < -0.4 is 11.2 Å². The smallest absolute Gasteiger partial charge is 0.297 e. The Morgan fingerprint density at radius 3 is 2.47 bits per heavy atom. The number of nitrogens with one attached hydrogen (secondary N) is 1. The third-order valence-corrected chi connectivity index (χ3v) is 2.25. The zero-order chi connectivity index (χ0) is 12.6. The molecule has 1 aromatic carbocycles. The molecule has 0 aliphatic carbocycles. The van der Waals surface area contributed by atoms with Crippen molar-refractivity contribution < 1.29 is 8.78 Å². The average Bonchev–Trinajstić information content (AvgIpc) is 2.19. The molecule has 1 heterocycles. The summed E-state index contributed by atoms with van der Waals surface area (Å²) in [4.78, 5) is 25.1. The Balaban J connectivity index is 2.78. The summed E-state index contributed by atoms with van der Waals surface area (Å²) in [5.74, 6) is -1.82. The van der Waals surface area contributed by atoms with Crippen LogP contribution in [0.15, 0.2) is 33.9 Å². The maximum absolute atomic E-state index is 13.4. The molecule has 0 amide bonds. The molecule has 88 valence electrons. The fourth-order valence-electron chi connectivity index (χ4n) is 1.36. The first kappa shape index (κ1) is 11.5. The van der Waals surface area contributed by atoms with Crippen molar-refractivity contribution in [3.05, 3.63) is 61.9 Å². The van der Waals surface area contributed by atoms with Crippen molar-refractivity contribution in [1.82, 2.24) is 9.55 Å². The number of nitrogens with zero attached hydrogens (tertiary/aromatic N) is 1. The maximum Gasteiger partial charge on any atom is 0.334 e. The normalized spacial score (nSPS) is 10.5. The van der Waals surface area contributed by atoms with E-state index >= 15 is 0 Å². The number of benzene rings is 1. The van der Waals surface area contributed by atoms with E-state index < -0.39 is 22.9 Å². The second-order valence-electron chi connectivity index (χ2n) is 3.19. The Labute approximate surface area is 98.1 Å². The minimum absolute atomic E-state index is 0.154. The zero-order valence-electron chi connectivity index (χ0n) is 8.21. The molecule has 0 aliphatic rings. The molecule has 1 aromatic heterocycles. The first-order valence-corrected chi connectivity index (χ1v) is 4.84. The predicted molar refractivity (Wildman–Crippen MR) is 57.6 cm³/mol. The second kappa shape index (κ2) is 4.14. The van der Waals surface area contributed by atoms with Crippen molar-refractivity contribution >= 4 is 11.6 Å². The molecule has 0 unspecified atom stereocenters. The Bertz CT molecular complexity index is 662. The van der Waals surface area contributed by atoms with Gasteiger partial charge < -0.3 is 0 Å². The highest BCUT2D eigenvalue weighted by Crippen LogP contribution is 2.11. The molecular weight excluding hydrogens is 254 g/mol. The molecule has 1 N–H and O–H groups in total. The van der Waals surface area contributed by atoms with Crippen LogP contribution in [0.4, 0.5) is 8.78 Å². The van der Waals surface area contributed by atoms with Gasteiger partial charge in [0.15, 0.2) is 0 Å². The van der Waals surface area contributed by atoms with E-state index in [-0.39, 0.29) is 10.8 Å². The van der Waals surface area contributed by atoms with Crippen LogP contribution in [0, 0.1) is 11.6 Å². The van der Waals surface area contributed by atoms with Crippen LogP contribution in [-0.2, 0) is 0 Å². The third-order valence-electron chi connectivity index (χ3n) is 2.05. The van der Waals surface area contributed by atoms with Gasteiger partial charge in [0.05, 0.1) is 5.69 Å². The molecule has 0 aliphatic heterocycles. The number of aromatic amines is 1. The summed E-state index contributed by atoms with van der Waals surface area (Å²) < 4.78 is 26.6. The summed E-state index contributed by atoms with van der Waals surface area (Å²) in [6.45, 7) is 0. The zero-order valence-corrected chi connectivity index (χ0v) is 8.96. The quantitative estimate of drug-likeness (QED) is 0.788. The number of rotatable bonds is 1. The van der Waals surface area contributed by atoms with E-state index in [1.807, 2.05) is 0 Å². The lowest BCUT2D eigenvalue weighted by molar-refractivity contribution is 0.574. The Kier molecular flexibility index (Phi) is 2.81. The van der Waals surface area contributed by atoms with Crippen molar-refractivity contribution in [3.8, 4) is 5.69 Å². The van der Waals surface area contributed by atoms with Crippen molar-refractivity contribution in [2.75, 3.05) is 0 Å². The van der Waals surface area contributed by atoms with Gasteiger partial charge in [0.1, 0.15) is 16.8 Å². The summed E-state index contributed by atoms with van der Waals surface area (Å²) in [5, 5.41) is -0.154. The van der Waals surface area contributed by atoms with Gasteiger partial charge in [-0.25, -0.2) is 18.1 Å². The molecule has 0 saturated carbocycles. The molecule has 0 radical (unpaired) electrons. The van der Waals surface area contributed by atoms with Gasteiger partial charge >= 0.3 is 5.69 Å². The lowest BCUT2D eigenvalue weighted by atomic mass is 10.3. The van der Waals surface area contributed by atoms with E-state index in [1.54, 1.807) is 0 Å². The minimum Gasteiger partial charge on any atom is -0.297 e. The molecule has 0 fully saturated rings. The Morgan fingerprint density at radius 1 is 1.18 bits per heavy atom. The number of H-pyrrole nitrogens is 1. The van der Waals surface area contributed by atoms with Gasteiger partial charge in [-0.2, -0.15) is 0 Å². The SMILES string of the molecule is O=c1cc(Cl)[nH]c(=O)n1-c1ccc(F)cc1F. The highest BCUT2D eigenvalue weighted by atomic mass is 35.5. The molecule has 2 rings (SSSR count). The van der Waals surface area contributed by atoms with Gasteiger partial charge in [0.2, 0.25) is 0 Å². The fourth-order valence-corrected chi connectivity index (χ4v) is 1.53. The average molecular weight is 259 g/mol. The third kappa shape index (κ3) is 2.12. The Hall–Kier alpha value is -1.95. The highest BCUT2D eigenvalue weighted by Gasteiger charge is 2.11. The van der Waals surface area contributed by atoms with E-state index in [9.17, 15) is 18.4 Å². The van der Waals surface area contributed by atoms with Gasteiger partial charge in [0.25, 0.3) is 5.56 Å². The van der Waals surface area contributed by atoms with Crippen LogP contribution in [-0.4, -0.2) is 9.55 Å². The maximum atomic E-state index is 13.4. The molecular formula is C10H5ClF2N2O2. The molecule has 17 heavy (non-hydrogen) atoms. The lowest BCUT2D eigenvalue weighted by Crippen LogP contribution is -2.33. The molecule has 0 bridgehead atoms. The van der Waals surface area contributed by atoms with Gasteiger partial charge in [-0.1, -0.05) is 11.6 Å². The summed E-state index contributed by atoms with van der Waals surface area (Å²) in [6.07, 6.45) is 0.